The van der Waals surface area contributed by atoms with Crippen LogP contribution in [0.4, 0.5) is 0 Å². The van der Waals surface area contributed by atoms with E-state index >= 15 is 0 Å². The first-order valence-electron chi connectivity index (χ1n) is 29.7. The first-order valence-corrected chi connectivity index (χ1v) is 29.7. The van der Waals surface area contributed by atoms with Gasteiger partial charge < -0.3 is 14.2 Å². The van der Waals surface area contributed by atoms with Crippen molar-refractivity contribution in [3.05, 3.63) is 134 Å². The molecule has 0 bridgehead atoms. The summed E-state index contributed by atoms with van der Waals surface area (Å²) in [5.41, 5.74) is 0. The van der Waals surface area contributed by atoms with Crippen LogP contribution in [0.15, 0.2) is 134 Å². The third-order valence-electron chi connectivity index (χ3n) is 12.1. The van der Waals surface area contributed by atoms with Crippen LogP contribution in [-0.2, 0) is 28.6 Å². The number of hydrogen-bond acceptors (Lipinski definition) is 6. The topological polar surface area (TPSA) is 78.9 Å². The van der Waals surface area contributed by atoms with E-state index in [1.807, 2.05) is 12.2 Å². The molecule has 0 aliphatic rings. The predicted molar refractivity (Wildman–Crippen MR) is 316 cm³/mol. The lowest BCUT2D eigenvalue weighted by Gasteiger charge is -2.18. The van der Waals surface area contributed by atoms with Crippen molar-refractivity contribution >= 4 is 17.9 Å². The van der Waals surface area contributed by atoms with Gasteiger partial charge in [-0.25, -0.2) is 0 Å². The van der Waals surface area contributed by atoms with E-state index < -0.39 is 12.1 Å². The maximum Gasteiger partial charge on any atom is 0.306 e. The molecule has 0 heterocycles. The maximum absolute atomic E-state index is 12.8. The molecule has 6 nitrogen and oxygen atoms in total. The van der Waals surface area contributed by atoms with Gasteiger partial charge in [0.25, 0.3) is 0 Å². The average Bonchev–Trinajstić information content (AvgIpc) is 3.39. The Kier molecular flexibility index (Phi) is 56.4. The number of esters is 3. The zero-order chi connectivity index (χ0) is 52.9. The van der Waals surface area contributed by atoms with Gasteiger partial charge >= 0.3 is 17.9 Å². The van der Waals surface area contributed by atoms with E-state index in [1.165, 1.54) is 96.3 Å². The zero-order valence-corrected chi connectivity index (χ0v) is 47.1. The molecule has 1 atom stereocenters. The molecule has 0 aromatic rings. The number of allylic oxidation sites excluding steroid dienone is 22. The van der Waals surface area contributed by atoms with Crippen LogP contribution in [0.5, 0.6) is 0 Å². The standard InChI is InChI=1S/C67H108O6/c1-4-7-10-13-16-19-22-25-27-29-31-32-33-34-36-37-39-42-45-48-51-54-57-60-66(69)72-63-64(62-71-65(68)59-56-53-50-47-44-41-24-21-18-15-12-9-6-3)73-67(70)61-58-55-52-49-46-43-40-38-35-30-28-26-23-20-17-14-11-8-5-2/h8-9,11-12,17-18,20-22,25-26,28-29,31,35,38,41,43-44,46,52,55,64H,4-7,10,13-16,19,23-24,27,30,32-34,36-37,39-40,42,45,47-51,53-54,56-63H2,1-3H3/b11-8-,12-9-,20-17-,21-18-,25-22-,28-26-,31-29-,38-35-,44-41-,46-43-,55-52-. The van der Waals surface area contributed by atoms with Gasteiger partial charge in [-0.05, 0) is 122 Å². The molecule has 0 aromatic heterocycles. The number of unbranched alkanes of at least 4 members (excludes halogenated alkanes) is 19. The van der Waals surface area contributed by atoms with Crippen molar-refractivity contribution in [2.24, 2.45) is 0 Å². The van der Waals surface area contributed by atoms with Gasteiger partial charge in [0.05, 0.1) is 0 Å². The van der Waals surface area contributed by atoms with Crippen molar-refractivity contribution in [2.45, 2.75) is 258 Å². The molecule has 1 unspecified atom stereocenters. The quantitative estimate of drug-likeness (QED) is 0.0261. The van der Waals surface area contributed by atoms with Crippen LogP contribution in [0.25, 0.3) is 0 Å². The summed E-state index contributed by atoms with van der Waals surface area (Å²) < 4.78 is 16.8. The van der Waals surface area contributed by atoms with Crippen LogP contribution in [0, 0.1) is 0 Å². The SMILES string of the molecule is CC/C=C\C/C=C\C/C=C\C/C=C\C/C=C\C/C=C\CCC(=O)OC(COC(=O)CCCCC/C=C\C/C=C\C/C=C\CC)COC(=O)CCCCCCCCCCCCC/C=C\C/C=C\CCCCCCC. The fourth-order valence-electron chi connectivity index (χ4n) is 7.75. The molecule has 0 aromatic carbocycles. The molecule has 0 saturated heterocycles. The molecule has 73 heavy (non-hydrogen) atoms. The number of rotatable bonds is 52. The van der Waals surface area contributed by atoms with E-state index in [0.717, 1.165) is 109 Å². The first-order chi connectivity index (χ1) is 36.0. The van der Waals surface area contributed by atoms with Crippen molar-refractivity contribution in [1.29, 1.82) is 0 Å². The van der Waals surface area contributed by atoms with Crippen molar-refractivity contribution in [3.8, 4) is 0 Å². The van der Waals surface area contributed by atoms with Crippen molar-refractivity contribution in [1.82, 2.24) is 0 Å². The number of carbonyl (C=O) groups is 3. The fourth-order valence-corrected chi connectivity index (χ4v) is 7.75. The molecule has 0 spiro atoms. The maximum atomic E-state index is 12.8. The highest BCUT2D eigenvalue weighted by Gasteiger charge is 2.19. The van der Waals surface area contributed by atoms with E-state index in [-0.39, 0.29) is 31.6 Å². The Bertz CT molecular complexity index is 1580. The fraction of sp³-hybridized carbons (Fsp3) is 0.627. The lowest BCUT2D eigenvalue weighted by Crippen LogP contribution is -2.30. The minimum atomic E-state index is -0.837. The van der Waals surface area contributed by atoms with E-state index in [2.05, 4.69) is 142 Å². The highest BCUT2D eigenvalue weighted by atomic mass is 16.6. The van der Waals surface area contributed by atoms with Crippen LogP contribution >= 0.6 is 0 Å². The normalized spacial score (nSPS) is 13.1. The molecule has 0 fully saturated rings. The summed E-state index contributed by atoms with van der Waals surface area (Å²) in [6, 6.07) is 0. The second-order valence-electron chi connectivity index (χ2n) is 19.1. The molecule has 0 amide bonds. The van der Waals surface area contributed by atoms with Gasteiger partial charge in [0.2, 0.25) is 0 Å². The molecule has 0 N–H and O–H groups in total. The average molecular weight is 1010 g/mol. The Labute approximate surface area is 449 Å². The van der Waals surface area contributed by atoms with Crippen LogP contribution in [-0.4, -0.2) is 37.2 Å². The summed E-state index contributed by atoms with van der Waals surface area (Å²) in [6.07, 6.45) is 84.7. The Morgan fingerprint density at radius 2 is 0.562 bits per heavy atom. The Morgan fingerprint density at radius 3 is 0.904 bits per heavy atom. The monoisotopic (exact) mass is 1010 g/mol. The molecule has 0 radical (unpaired) electrons. The Hall–Kier alpha value is -4.45. The molecule has 0 saturated carbocycles. The number of hydrogen-bond donors (Lipinski definition) is 0. The van der Waals surface area contributed by atoms with Gasteiger partial charge in [-0.2, -0.15) is 0 Å². The van der Waals surface area contributed by atoms with Crippen LogP contribution in [0.2, 0.25) is 0 Å². The summed E-state index contributed by atoms with van der Waals surface area (Å²) in [7, 11) is 0. The Morgan fingerprint density at radius 1 is 0.288 bits per heavy atom. The second kappa shape index (κ2) is 60.1. The number of ether oxygens (including phenoxy) is 3. The van der Waals surface area contributed by atoms with Gasteiger partial charge in [-0.15, -0.1) is 0 Å². The molecular formula is C67H108O6. The van der Waals surface area contributed by atoms with Gasteiger partial charge in [0, 0.05) is 19.3 Å². The summed E-state index contributed by atoms with van der Waals surface area (Å²) >= 11 is 0. The van der Waals surface area contributed by atoms with Gasteiger partial charge in [-0.3, -0.25) is 14.4 Å². The number of carbonyl (C=O) groups excluding carboxylic acids is 3. The zero-order valence-electron chi connectivity index (χ0n) is 47.1. The minimum Gasteiger partial charge on any atom is -0.462 e. The van der Waals surface area contributed by atoms with Crippen molar-refractivity contribution in [3.63, 3.8) is 0 Å². The first kappa shape index (κ1) is 68.6. The van der Waals surface area contributed by atoms with Gasteiger partial charge in [0.1, 0.15) is 13.2 Å². The molecule has 6 heteroatoms. The lowest BCUT2D eigenvalue weighted by atomic mass is 10.0. The van der Waals surface area contributed by atoms with Crippen molar-refractivity contribution < 1.29 is 28.6 Å². The molecule has 0 aliphatic heterocycles. The third-order valence-corrected chi connectivity index (χ3v) is 12.1. The van der Waals surface area contributed by atoms with Crippen LogP contribution in [0.1, 0.15) is 252 Å². The highest BCUT2D eigenvalue weighted by molar-refractivity contribution is 5.71. The molecule has 412 valence electrons. The minimum absolute atomic E-state index is 0.123. The van der Waals surface area contributed by atoms with E-state index in [0.29, 0.717) is 19.3 Å². The lowest BCUT2D eigenvalue weighted by molar-refractivity contribution is -0.166. The van der Waals surface area contributed by atoms with Gasteiger partial charge in [0.15, 0.2) is 6.10 Å². The molecular weight excluding hydrogens is 901 g/mol. The molecule has 0 rings (SSSR count). The summed E-state index contributed by atoms with van der Waals surface area (Å²) in [4.78, 5) is 38.1. The Balaban J connectivity index is 4.48. The van der Waals surface area contributed by atoms with E-state index in [1.54, 1.807) is 0 Å². The summed E-state index contributed by atoms with van der Waals surface area (Å²) in [5, 5.41) is 0. The van der Waals surface area contributed by atoms with E-state index in [9.17, 15) is 14.4 Å². The largest absolute Gasteiger partial charge is 0.462 e. The highest BCUT2D eigenvalue weighted by Crippen LogP contribution is 2.14. The van der Waals surface area contributed by atoms with E-state index in [4.69, 9.17) is 14.2 Å². The summed E-state index contributed by atoms with van der Waals surface area (Å²) in [5.74, 6) is -1.04. The molecule has 0 aliphatic carbocycles. The predicted octanol–water partition coefficient (Wildman–Crippen LogP) is 20.2. The smallest absolute Gasteiger partial charge is 0.306 e. The third kappa shape index (κ3) is 58.3. The van der Waals surface area contributed by atoms with Crippen LogP contribution < -0.4 is 0 Å². The van der Waals surface area contributed by atoms with Crippen molar-refractivity contribution in [2.75, 3.05) is 13.2 Å². The van der Waals surface area contributed by atoms with Crippen LogP contribution in [0.3, 0.4) is 0 Å². The second-order valence-corrected chi connectivity index (χ2v) is 19.1. The van der Waals surface area contributed by atoms with Gasteiger partial charge in [-0.1, -0.05) is 244 Å². The summed E-state index contributed by atoms with van der Waals surface area (Å²) in [6.45, 7) is 6.31.